The average molecular weight is 350 g/mol. The van der Waals surface area contributed by atoms with Gasteiger partial charge in [0.2, 0.25) is 5.91 Å². The second-order valence-corrected chi connectivity index (χ2v) is 6.13. The second kappa shape index (κ2) is 7.43. The molecule has 0 aliphatic rings. The summed E-state index contributed by atoms with van der Waals surface area (Å²) in [4.78, 5) is 12.1. The Kier molecular flexibility index (Phi) is 5.59. The number of nitrogens with one attached hydrogen (secondary N) is 2. The minimum absolute atomic E-state index is 0.0284. The lowest BCUT2D eigenvalue weighted by atomic mass is 10.3. The number of hydrogen-bond acceptors (Lipinski definition) is 2. The van der Waals surface area contributed by atoms with E-state index in [1.807, 2.05) is 47.2 Å². The van der Waals surface area contributed by atoms with Crippen molar-refractivity contribution >= 4 is 27.5 Å². The zero-order valence-electron chi connectivity index (χ0n) is 12.3. The van der Waals surface area contributed by atoms with Crippen molar-refractivity contribution in [2.75, 3.05) is 5.32 Å². The van der Waals surface area contributed by atoms with Gasteiger partial charge in [-0.1, -0.05) is 29.8 Å². The van der Waals surface area contributed by atoms with Gasteiger partial charge in [-0.25, -0.2) is 0 Å². The summed E-state index contributed by atoms with van der Waals surface area (Å²) in [6, 6.07) is 12.0. The van der Waals surface area contributed by atoms with Crippen molar-refractivity contribution in [1.29, 1.82) is 0 Å². The van der Waals surface area contributed by atoms with E-state index < -0.39 is 0 Å². The molecule has 2 N–H and O–H groups in total. The number of carbonyl (C=O) groups is 1. The molecule has 2 rings (SSSR count). The molecule has 0 saturated carbocycles. The fourth-order valence-electron chi connectivity index (χ4n) is 1.96. The molecule has 21 heavy (non-hydrogen) atoms. The number of hydrogen-bond donors (Lipinski definition) is 2. The van der Waals surface area contributed by atoms with Crippen LogP contribution in [0.3, 0.4) is 0 Å². The molecule has 112 valence electrons. The summed E-state index contributed by atoms with van der Waals surface area (Å²) in [6.45, 7) is 5.29. The van der Waals surface area contributed by atoms with E-state index in [0.717, 1.165) is 22.4 Å². The van der Waals surface area contributed by atoms with Crippen LogP contribution in [0.4, 0.5) is 5.69 Å². The zero-order chi connectivity index (χ0) is 15.2. The average Bonchev–Trinajstić information content (AvgIpc) is 2.86. The maximum atomic E-state index is 12.1. The van der Waals surface area contributed by atoms with E-state index in [1.165, 1.54) is 0 Å². The fourth-order valence-corrected chi connectivity index (χ4v) is 2.23. The third kappa shape index (κ3) is 5.02. The van der Waals surface area contributed by atoms with E-state index in [0.29, 0.717) is 12.6 Å². The highest BCUT2D eigenvalue weighted by Gasteiger charge is 2.07. The molecule has 5 heteroatoms. The Morgan fingerprint density at radius 2 is 1.95 bits per heavy atom. The third-order valence-corrected chi connectivity index (χ3v) is 3.59. The van der Waals surface area contributed by atoms with E-state index in [2.05, 4.69) is 40.4 Å². The van der Waals surface area contributed by atoms with Crippen molar-refractivity contribution in [1.82, 2.24) is 9.88 Å². The van der Waals surface area contributed by atoms with Crippen molar-refractivity contribution in [3.05, 3.63) is 52.8 Å². The van der Waals surface area contributed by atoms with Gasteiger partial charge in [0.25, 0.3) is 0 Å². The summed E-state index contributed by atoms with van der Waals surface area (Å²) >= 11 is 3.37. The highest BCUT2D eigenvalue weighted by Crippen LogP contribution is 2.14. The van der Waals surface area contributed by atoms with Gasteiger partial charge in [0, 0.05) is 34.6 Å². The number of carbonyl (C=O) groups excluding carboxylic acids is 1. The molecule has 0 fully saturated rings. The first-order valence-corrected chi connectivity index (χ1v) is 7.76. The summed E-state index contributed by atoms with van der Waals surface area (Å²) in [5.74, 6) is -0.0284. The first-order chi connectivity index (χ1) is 10.0. The van der Waals surface area contributed by atoms with Crippen molar-refractivity contribution in [2.24, 2.45) is 0 Å². The Morgan fingerprint density at radius 1 is 1.24 bits per heavy atom. The Hall–Kier alpha value is -1.59. The van der Waals surface area contributed by atoms with Crippen LogP contribution in [0, 0.1) is 0 Å². The number of amides is 1. The zero-order valence-corrected chi connectivity index (χ0v) is 13.9. The largest absolute Gasteiger partial charge is 0.341 e. The second-order valence-electron chi connectivity index (χ2n) is 5.22. The number of anilines is 1. The van der Waals surface area contributed by atoms with Gasteiger partial charge in [0.15, 0.2) is 0 Å². The molecular formula is C16H20BrN3O. The summed E-state index contributed by atoms with van der Waals surface area (Å²) in [7, 11) is 0. The van der Waals surface area contributed by atoms with Crippen LogP contribution in [0.25, 0.3) is 0 Å². The van der Waals surface area contributed by atoms with Crippen LogP contribution in [-0.2, 0) is 17.9 Å². The van der Waals surface area contributed by atoms with E-state index >= 15 is 0 Å². The molecular weight excluding hydrogens is 330 g/mol. The molecule has 1 aromatic heterocycles. The summed E-state index contributed by atoms with van der Waals surface area (Å²) in [6.07, 6.45) is 1.93. The molecule has 1 heterocycles. The number of nitrogens with zero attached hydrogens (tertiary/aromatic N) is 1. The minimum atomic E-state index is -0.0284. The SMILES string of the molecule is CC(C)NCc1cccn1CC(=O)Nc1ccc(Br)cc1. The number of rotatable bonds is 6. The van der Waals surface area contributed by atoms with Gasteiger partial charge in [-0.2, -0.15) is 0 Å². The van der Waals surface area contributed by atoms with E-state index in [-0.39, 0.29) is 5.91 Å². The van der Waals surface area contributed by atoms with Crippen LogP contribution in [0.1, 0.15) is 19.5 Å². The van der Waals surface area contributed by atoms with Gasteiger partial charge in [0.05, 0.1) is 0 Å². The number of benzene rings is 1. The smallest absolute Gasteiger partial charge is 0.244 e. The summed E-state index contributed by atoms with van der Waals surface area (Å²) < 4.78 is 2.96. The molecule has 0 radical (unpaired) electrons. The molecule has 0 spiro atoms. The first kappa shape index (κ1) is 15.8. The van der Waals surface area contributed by atoms with Crippen LogP contribution in [-0.4, -0.2) is 16.5 Å². The van der Waals surface area contributed by atoms with Crippen LogP contribution in [0.2, 0.25) is 0 Å². The Balaban J connectivity index is 1.93. The van der Waals surface area contributed by atoms with Crippen LogP contribution < -0.4 is 10.6 Å². The number of aromatic nitrogens is 1. The van der Waals surface area contributed by atoms with Crippen LogP contribution in [0.5, 0.6) is 0 Å². The van der Waals surface area contributed by atoms with E-state index in [9.17, 15) is 4.79 Å². The molecule has 0 saturated heterocycles. The van der Waals surface area contributed by atoms with Crippen molar-refractivity contribution in [2.45, 2.75) is 33.0 Å². The quantitative estimate of drug-likeness (QED) is 0.839. The standard InChI is InChI=1S/C16H20BrN3O/c1-12(2)18-10-15-4-3-9-20(15)11-16(21)19-14-7-5-13(17)6-8-14/h3-9,12,18H,10-11H2,1-2H3,(H,19,21). The van der Waals surface area contributed by atoms with Crippen molar-refractivity contribution in [3.63, 3.8) is 0 Å². The lowest BCUT2D eigenvalue weighted by Gasteiger charge is -2.12. The van der Waals surface area contributed by atoms with Crippen LogP contribution >= 0.6 is 15.9 Å². The predicted octanol–water partition coefficient (Wildman–Crippen LogP) is 3.39. The molecule has 0 atom stereocenters. The van der Waals surface area contributed by atoms with Gasteiger partial charge in [0.1, 0.15) is 6.54 Å². The fraction of sp³-hybridized carbons (Fsp3) is 0.312. The van der Waals surface area contributed by atoms with Gasteiger partial charge in [-0.15, -0.1) is 0 Å². The van der Waals surface area contributed by atoms with E-state index in [1.54, 1.807) is 0 Å². The summed E-state index contributed by atoms with van der Waals surface area (Å²) in [5, 5.41) is 6.26. The van der Waals surface area contributed by atoms with E-state index in [4.69, 9.17) is 0 Å². The lowest BCUT2D eigenvalue weighted by molar-refractivity contribution is -0.116. The highest BCUT2D eigenvalue weighted by molar-refractivity contribution is 9.10. The Bertz CT molecular complexity index is 590. The summed E-state index contributed by atoms with van der Waals surface area (Å²) in [5.41, 5.74) is 1.91. The molecule has 1 amide bonds. The normalized spacial score (nSPS) is 10.9. The highest BCUT2D eigenvalue weighted by atomic mass is 79.9. The maximum absolute atomic E-state index is 12.1. The predicted molar refractivity (Wildman–Crippen MR) is 89.2 cm³/mol. The molecule has 0 aliphatic heterocycles. The van der Waals surface area contributed by atoms with Gasteiger partial charge < -0.3 is 15.2 Å². The Morgan fingerprint density at radius 3 is 2.62 bits per heavy atom. The lowest BCUT2D eigenvalue weighted by Crippen LogP contribution is -2.25. The van der Waals surface area contributed by atoms with Gasteiger partial charge in [-0.05, 0) is 36.4 Å². The monoisotopic (exact) mass is 349 g/mol. The van der Waals surface area contributed by atoms with Gasteiger partial charge in [-0.3, -0.25) is 4.79 Å². The maximum Gasteiger partial charge on any atom is 0.244 e. The topological polar surface area (TPSA) is 46.1 Å². The molecule has 4 nitrogen and oxygen atoms in total. The van der Waals surface area contributed by atoms with Crippen molar-refractivity contribution in [3.8, 4) is 0 Å². The number of halogens is 1. The Labute approximate surface area is 133 Å². The minimum Gasteiger partial charge on any atom is -0.341 e. The van der Waals surface area contributed by atoms with Gasteiger partial charge >= 0.3 is 0 Å². The van der Waals surface area contributed by atoms with Crippen LogP contribution in [0.15, 0.2) is 47.1 Å². The molecule has 1 aromatic carbocycles. The van der Waals surface area contributed by atoms with Crippen molar-refractivity contribution < 1.29 is 4.79 Å². The molecule has 0 bridgehead atoms. The first-order valence-electron chi connectivity index (χ1n) is 6.97. The molecule has 0 unspecified atom stereocenters. The third-order valence-electron chi connectivity index (χ3n) is 3.06. The molecule has 2 aromatic rings. The molecule has 0 aliphatic carbocycles.